The molecule has 1 aromatic rings. The normalized spacial score (nSPS) is 19.6. The van der Waals surface area contributed by atoms with Crippen molar-refractivity contribution in [2.45, 2.75) is 44.6 Å². The molecule has 1 atom stereocenters. The fourth-order valence-electron chi connectivity index (χ4n) is 2.61. The third kappa shape index (κ3) is 2.73. The molecule has 2 rings (SSSR count). The summed E-state index contributed by atoms with van der Waals surface area (Å²) >= 11 is 0. The summed E-state index contributed by atoms with van der Waals surface area (Å²) in [7, 11) is 0. The molecule has 1 aliphatic carbocycles. The van der Waals surface area contributed by atoms with Crippen molar-refractivity contribution in [1.29, 1.82) is 0 Å². The number of nitrogens with two attached hydrogens (primary N) is 2. The highest BCUT2D eigenvalue weighted by Gasteiger charge is 2.21. The van der Waals surface area contributed by atoms with Crippen molar-refractivity contribution in [2.75, 3.05) is 5.73 Å². The van der Waals surface area contributed by atoms with Crippen LogP contribution in [0.1, 0.15) is 37.7 Å². The Labute approximate surface area is 97.2 Å². The van der Waals surface area contributed by atoms with Crippen LogP contribution in [0.15, 0.2) is 18.3 Å². The van der Waals surface area contributed by atoms with E-state index in [1.165, 1.54) is 32.1 Å². The number of rotatable bonds is 3. The topological polar surface area (TPSA) is 64.9 Å². The lowest BCUT2D eigenvalue weighted by molar-refractivity contribution is 0.303. The van der Waals surface area contributed by atoms with Gasteiger partial charge in [0.2, 0.25) is 0 Å². The number of aromatic nitrogens is 1. The molecule has 0 saturated heterocycles. The van der Waals surface area contributed by atoms with Gasteiger partial charge >= 0.3 is 0 Å². The molecule has 1 saturated carbocycles. The van der Waals surface area contributed by atoms with Crippen LogP contribution < -0.4 is 11.5 Å². The SMILES string of the molecule is Nc1ncccc1CC(N)C1CCCCC1. The number of nitrogens with zero attached hydrogens (tertiary/aromatic N) is 1. The Morgan fingerprint density at radius 2 is 2.06 bits per heavy atom. The smallest absolute Gasteiger partial charge is 0.126 e. The molecule has 1 aliphatic rings. The first-order valence-corrected chi connectivity index (χ1v) is 6.22. The Morgan fingerprint density at radius 1 is 1.31 bits per heavy atom. The van der Waals surface area contributed by atoms with Crippen LogP contribution >= 0.6 is 0 Å². The van der Waals surface area contributed by atoms with Crippen LogP contribution in [0.3, 0.4) is 0 Å². The van der Waals surface area contributed by atoms with Crippen LogP contribution in [0, 0.1) is 5.92 Å². The fourth-order valence-corrected chi connectivity index (χ4v) is 2.61. The van der Waals surface area contributed by atoms with E-state index in [-0.39, 0.29) is 6.04 Å². The average Bonchev–Trinajstić information content (AvgIpc) is 2.33. The first-order chi connectivity index (χ1) is 7.77. The van der Waals surface area contributed by atoms with Crippen molar-refractivity contribution >= 4 is 5.82 Å². The van der Waals surface area contributed by atoms with Crippen LogP contribution in [-0.4, -0.2) is 11.0 Å². The third-order valence-electron chi connectivity index (χ3n) is 3.64. The highest BCUT2D eigenvalue weighted by Crippen LogP contribution is 2.27. The minimum absolute atomic E-state index is 0.242. The van der Waals surface area contributed by atoms with Gasteiger partial charge in [0, 0.05) is 12.2 Å². The number of anilines is 1. The van der Waals surface area contributed by atoms with E-state index in [0.29, 0.717) is 11.7 Å². The standard InChI is InChI=1S/C13H21N3/c14-12(10-5-2-1-3-6-10)9-11-7-4-8-16-13(11)15/h4,7-8,10,12H,1-3,5-6,9,14H2,(H2,15,16). The molecule has 0 bridgehead atoms. The van der Waals surface area contributed by atoms with Crippen LogP contribution in [-0.2, 0) is 6.42 Å². The van der Waals surface area contributed by atoms with Gasteiger partial charge < -0.3 is 11.5 Å². The van der Waals surface area contributed by atoms with Gasteiger partial charge in [0.05, 0.1) is 0 Å². The average molecular weight is 219 g/mol. The molecule has 0 spiro atoms. The Kier molecular flexibility index (Phi) is 3.78. The number of hydrogen-bond acceptors (Lipinski definition) is 3. The molecule has 1 heterocycles. The van der Waals surface area contributed by atoms with Crippen LogP contribution in [0.4, 0.5) is 5.82 Å². The molecule has 3 heteroatoms. The van der Waals surface area contributed by atoms with Crippen LogP contribution in [0.5, 0.6) is 0 Å². The summed E-state index contributed by atoms with van der Waals surface area (Å²) in [4.78, 5) is 4.10. The lowest BCUT2D eigenvalue weighted by Gasteiger charge is -2.27. The quantitative estimate of drug-likeness (QED) is 0.818. The van der Waals surface area contributed by atoms with E-state index in [1.807, 2.05) is 12.1 Å². The minimum Gasteiger partial charge on any atom is -0.383 e. The summed E-state index contributed by atoms with van der Waals surface area (Å²) in [5.41, 5.74) is 13.2. The van der Waals surface area contributed by atoms with Crippen molar-refractivity contribution in [3.63, 3.8) is 0 Å². The molecule has 16 heavy (non-hydrogen) atoms. The zero-order chi connectivity index (χ0) is 11.4. The highest BCUT2D eigenvalue weighted by atomic mass is 14.8. The molecule has 0 aromatic carbocycles. The second kappa shape index (κ2) is 5.30. The third-order valence-corrected chi connectivity index (χ3v) is 3.64. The molecule has 0 amide bonds. The lowest BCUT2D eigenvalue weighted by Crippen LogP contribution is -2.33. The maximum atomic E-state index is 6.27. The van der Waals surface area contributed by atoms with Crippen LogP contribution in [0.2, 0.25) is 0 Å². The maximum absolute atomic E-state index is 6.27. The number of nitrogen functional groups attached to an aromatic ring is 1. The summed E-state index contributed by atoms with van der Waals surface area (Å²) in [5, 5.41) is 0. The molecular weight excluding hydrogens is 198 g/mol. The molecule has 1 fully saturated rings. The predicted molar refractivity (Wildman–Crippen MR) is 66.9 cm³/mol. The summed E-state index contributed by atoms with van der Waals surface area (Å²) in [5.74, 6) is 1.31. The van der Waals surface area contributed by atoms with Crippen molar-refractivity contribution in [2.24, 2.45) is 11.7 Å². The first-order valence-electron chi connectivity index (χ1n) is 6.22. The number of hydrogen-bond donors (Lipinski definition) is 2. The van der Waals surface area contributed by atoms with Gasteiger partial charge in [0.1, 0.15) is 5.82 Å². The van der Waals surface area contributed by atoms with E-state index in [4.69, 9.17) is 11.5 Å². The molecule has 3 nitrogen and oxygen atoms in total. The van der Waals surface area contributed by atoms with Gasteiger partial charge in [-0.2, -0.15) is 0 Å². The van der Waals surface area contributed by atoms with Gasteiger partial charge in [-0.3, -0.25) is 0 Å². The summed E-state index contributed by atoms with van der Waals surface area (Å²) < 4.78 is 0. The van der Waals surface area contributed by atoms with E-state index in [2.05, 4.69) is 4.98 Å². The second-order valence-electron chi connectivity index (χ2n) is 4.81. The monoisotopic (exact) mass is 219 g/mol. The highest BCUT2D eigenvalue weighted by molar-refractivity contribution is 5.38. The molecular formula is C13H21N3. The van der Waals surface area contributed by atoms with E-state index < -0.39 is 0 Å². The Hall–Kier alpha value is -1.09. The minimum atomic E-state index is 0.242. The first kappa shape index (κ1) is 11.4. The number of pyridine rings is 1. The van der Waals surface area contributed by atoms with Gasteiger partial charge in [-0.25, -0.2) is 4.98 Å². The molecule has 0 aliphatic heterocycles. The Balaban J connectivity index is 1.96. The zero-order valence-corrected chi connectivity index (χ0v) is 9.73. The molecule has 0 radical (unpaired) electrons. The van der Waals surface area contributed by atoms with E-state index in [0.717, 1.165) is 12.0 Å². The Morgan fingerprint density at radius 3 is 2.75 bits per heavy atom. The summed E-state index contributed by atoms with van der Waals surface area (Å²) in [6.45, 7) is 0. The van der Waals surface area contributed by atoms with E-state index in [9.17, 15) is 0 Å². The predicted octanol–water partition coefficient (Wildman–Crippen LogP) is 2.11. The molecule has 1 unspecified atom stereocenters. The largest absolute Gasteiger partial charge is 0.383 e. The molecule has 1 aromatic heterocycles. The van der Waals surface area contributed by atoms with Crippen molar-refractivity contribution in [1.82, 2.24) is 4.98 Å². The maximum Gasteiger partial charge on any atom is 0.126 e. The Bertz CT molecular complexity index is 332. The summed E-state index contributed by atoms with van der Waals surface area (Å²) in [6.07, 6.45) is 9.19. The molecule has 88 valence electrons. The lowest BCUT2D eigenvalue weighted by atomic mass is 9.82. The summed E-state index contributed by atoms with van der Waals surface area (Å²) in [6, 6.07) is 4.21. The van der Waals surface area contributed by atoms with Crippen LogP contribution in [0.25, 0.3) is 0 Å². The van der Waals surface area contributed by atoms with Crippen molar-refractivity contribution in [3.8, 4) is 0 Å². The van der Waals surface area contributed by atoms with Gasteiger partial charge in [-0.15, -0.1) is 0 Å². The van der Waals surface area contributed by atoms with E-state index in [1.54, 1.807) is 6.20 Å². The molecule has 4 N–H and O–H groups in total. The van der Waals surface area contributed by atoms with E-state index >= 15 is 0 Å². The van der Waals surface area contributed by atoms with Gasteiger partial charge in [0.15, 0.2) is 0 Å². The van der Waals surface area contributed by atoms with Gasteiger partial charge in [0.25, 0.3) is 0 Å². The fraction of sp³-hybridized carbons (Fsp3) is 0.615. The van der Waals surface area contributed by atoms with Gasteiger partial charge in [-0.1, -0.05) is 25.3 Å². The second-order valence-corrected chi connectivity index (χ2v) is 4.81. The van der Waals surface area contributed by atoms with Gasteiger partial charge in [-0.05, 0) is 36.8 Å². The van der Waals surface area contributed by atoms with Crippen molar-refractivity contribution in [3.05, 3.63) is 23.9 Å². The van der Waals surface area contributed by atoms with Crippen molar-refractivity contribution < 1.29 is 0 Å². The zero-order valence-electron chi connectivity index (χ0n) is 9.73.